The number of aliphatic hydroxyl groups is 1. The minimum absolute atomic E-state index is 0.0125. The van der Waals surface area contributed by atoms with Crippen LogP contribution in [0.3, 0.4) is 0 Å². The van der Waals surface area contributed by atoms with E-state index in [1.54, 1.807) is 47.1 Å². The van der Waals surface area contributed by atoms with E-state index in [0.29, 0.717) is 36.3 Å². The van der Waals surface area contributed by atoms with Crippen molar-refractivity contribution < 1.29 is 28.7 Å². The molecule has 4 N–H and O–H groups in total. The van der Waals surface area contributed by atoms with Crippen LogP contribution in [0.15, 0.2) is 83.9 Å². The summed E-state index contributed by atoms with van der Waals surface area (Å²) in [5.74, 6) is -0.357. The molecular formula is C44H47FN6O5S. The van der Waals surface area contributed by atoms with Gasteiger partial charge < -0.3 is 25.5 Å². The number of rotatable bonds is 14. The first kappa shape index (κ1) is 38.6. The number of aromatic nitrogens is 1. The first-order valence-corrected chi connectivity index (χ1v) is 21.0. The lowest BCUT2D eigenvalue weighted by Crippen LogP contribution is -2.52. The lowest BCUT2D eigenvalue weighted by atomic mass is 9.82. The summed E-state index contributed by atoms with van der Waals surface area (Å²) in [6, 6.07) is 20.9. The predicted molar refractivity (Wildman–Crippen MR) is 217 cm³/mol. The van der Waals surface area contributed by atoms with E-state index in [1.165, 1.54) is 6.07 Å². The number of nitrogens with one attached hydrogen (secondary N) is 3. The minimum atomic E-state index is -0.613. The van der Waals surface area contributed by atoms with Gasteiger partial charge in [0.15, 0.2) is 0 Å². The Bertz CT molecular complexity index is 2170. The topological polar surface area (TPSA) is 144 Å². The third kappa shape index (κ3) is 8.00. The maximum absolute atomic E-state index is 15.4. The summed E-state index contributed by atoms with van der Waals surface area (Å²) in [6.45, 7) is 1.65. The molecule has 1 unspecified atom stereocenters. The van der Waals surface area contributed by atoms with E-state index in [9.17, 15) is 24.3 Å². The number of imide groups is 1. The number of hydrogen-bond acceptors (Lipinski definition) is 9. The lowest BCUT2D eigenvalue weighted by molar-refractivity contribution is -0.136. The molecule has 4 atom stereocenters. The van der Waals surface area contributed by atoms with Crippen LogP contribution in [0.1, 0.15) is 89.4 Å². The molecule has 4 aliphatic rings. The van der Waals surface area contributed by atoms with Gasteiger partial charge in [-0.25, -0.2) is 4.39 Å². The molecular weight excluding hydrogens is 744 g/mol. The number of halogens is 1. The van der Waals surface area contributed by atoms with Gasteiger partial charge in [0, 0.05) is 65.6 Å². The monoisotopic (exact) mass is 790 g/mol. The number of aliphatic hydroxyl groups excluding tert-OH is 1. The van der Waals surface area contributed by atoms with E-state index in [2.05, 4.69) is 20.9 Å². The smallest absolute Gasteiger partial charge is 0.272 e. The van der Waals surface area contributed by atoms with Crippen molar-refractivity contribution in [2.24, 2.45) is 5.92 Å². The van der Waals surface area contributed by atoms with Gasteiger partial charge in [0.2, 0.25) is 11.8 Å². The van der Waals surface area contributed by atoms with E-state index in [1.807, 2.05) is 47.4 Å². The molecule has 5 heterocycles. The van der Waals surface area contributed by atoms with Crippen LogP contribution in [0.4, 0.5) is 15.8 Å². The zero-order valence-electron chi connectivity index (χ0n) is 31.7. The van der Waals surface area contributed by atoms with Crippen molar-refractivity contribution in [2.45, 2.75) is 80.9 Å². The van der Waals surface area contributed by atoms with Crippen LogP contribution in [0.2, 0.25) is 0 Å². The Morgan fingerprint density at radius 2 is 1.81 bits per heavy atom. The second kappa shape index (κ2) is 17.1. The number of nitrogens with zero attached hydrogens (tertiary/aromatic N) is 3. The average molecular weight is 791 g/mol. The van der Waals surface area contributed by atoms with Crippen molar-refractivity contribution in [1.29, 1.82) is 0 Å². The van der Waals surface area contributed by atoms with Crippen LogP contribution in [0.5, 0.6) is 0 Å². The molecule has 0 bridgehead atoms. The van der Waals surface area contributed by atoms with E-state index < -0.39 is 11.9 Å². The zero-order chi connectivity index (χ0) is 39.5. The maximum atomic E-state index is 15.4. The molecule has 2 saturated heterocycles. The van der Waals surface area contributed by atoms with Gasteiger partial charge in [-0.1, -0.05) is 37.5 Å². The van der Waals surface area contributed by atoms with Crippen LogP contribution in [0, 0.1) is 11.7 Å². The lowest BCUT2D eigenvalue weighted by Gasteiger charge is -2.39. The van der Waals surface area contributed by atoms with Gasteiger partial charge in [0.05, 0.1) is 18.7 Å². The Balaban J connectivity index is 0.819. The number of carbonyl (C=O) groups is 4. The Hall–Kier alpha value is -5.27. The molecule has 4 aromatic rings. The van der Waals surface area contributed by atoms with E-state index >= 15 is 4.39 Å². The van der Waals surface area contributed by atoms with Crippen molar-refractivity contribution in [2.75, 3.05) is 36.1 Å². The summed E-state index contributed by atoms with van der Waals surface area (Å²) in [6.07, 6.45) is 8.21. The van der Waals surface area contributed by atoms with Gasteiger partial charge in [-0.3, -0.25) is 29.5 Å². The highest BCUT2D eigenvalue weighted by Crippen LogP contribution is 2.48. The summed E-state index contributed by atoms with van der Waals surface area (Å²) in [7, 11) is 0. The fourth-order valence-corrected chi connectivity index (χ4v) is 9.91. The number of likely N-dealkylation sites (tertiary alicyclic amines) is 1. The highest BCUT2D eigenvalue weighted by Gasteiger charge is 2.46. The highest BCUT2D eigenvalue weighted by atomic mass is 32.2. The molecule has 57 heavy (non-hydrogen) atoms. The van der Waals surface area contributed by atoms with Gasteiger partial charge in [0.1, 0.15) is 17.6 Å². The number of unbranched alkanes of at least 4 members (excludes halogenated alkanes) is 4. The van der Waals surface area contributed by atoms with Crippen LogP contribution in [0.25, 0.3) is 11.1 Å². The molecule has 0 spiro atoms. The van der Waals surface area contributed by atoms with Crippen molar-refractivity contribution in [3.8, 4) is 11.1 Å². The van der Waals surface area contributed by atoms with Gasteiger partial charge in [0.25, 0.3) is 11.8 Å². The molecule has 13 heteroatoms. The number of pyridine rings is 1. The molecule has 296 valence electrons. The van der Waals surface area contributed by atoms with Crippen molar-refractivity contribution in [1.82, 2.24) is 20.1 Å². The molecule has 0 radical (unpaired) electrons. The second-order valence-electron chi connectivity index (χ2n) is 15.3. The van der Waals surface area contributed by atoms with Crippen LogP contribution < -0.4 is 16.0 Å². The van der Waals surface area contributed by atoms with Gasteiger partial charge in [-0.05, 0) is 103 Å². The number of fused-ring (bicyclic) bond motifs is 4. The zero-order valence-corrected chi connectivity index (χ0v) is 32.5. The Morgan fingerprint density at radius 1 is 0.947 bits per heavy atom. The molecule has 4 aliphatic heterocycles. The van der Waals surface area contributed by atoms with E-state index in [4.69, 9.17) is 0 Å². The predicted octanol–water partition coefficient (Wildman–Crippen LogP) is 6.79. The quantitative estimate of drug-likeness (QED) is 0.0617. The first-order valence-electron chi connectivity index (χ1n) is 20.0. The summed E-state index contributed by atoms with van der Waals surface area (Å²) >= 11 is 1.75. The maximum Gasteiger partial charge on any atom is 0.272 e. The number of benzene rings is 3. The van der Waals surface area contributed by atoms with E-state index in [0.717, 1.165) is 83.8 Å². The normalized spacial score (nSPS) is 21.1. The number of thioether (sulfide) groups is 1. The third-order valence-corrected chi connectivity index (χ3v) is 12.9. The molecule has 1 aromatic heterocycles. The molecule has 3 aromatic carbocycles. The van der Waals surface area contributed by atoms with Crippen LogP contribution >= 0.6 is 11.8 Å². The minimum Gasteiger partial charge on any atom is -0.394 e. The Labute approximate surface area is 335 Å². The van der Waals surface area contributed by atoms with Gasteiger partial charge in [-0.2, -0.15) is 0 Å². The van der Waals surface area contributed by atoms with Crippen molar-refractivity contribution in [3.63, 3.8) is 0 Å². The van der Waals surface area contributed by atoms with Crippen molar-refractivity contribution >= 4 is 46.8 Å². The number of hydrogen-bond donors (Lipinski definition) is 4. The average Bonchev–Trinajstić information content (AvgIpc) is 3.82. The molecule has 8 rings (SSSR count). The Morgan fingerprint density at radius 3 is 2.63 bits per heavy atom. The summed E-state index contributed by atoms with van der Waals surface area (Å²) in [5.41, 5.74) is 5.80. The number of amides is 4. The van der Waals surface area contributed by atoms with Gasteiger partial charge in [-0.15, -0.1) is 11.8 Å². The molecule has 0 saturated carbocycles. The van der Waals surface area contributed by atoms with Gasteiger partial charge >= 0.3 is 0 Å². The SMILES string of the molecule is O=C1CCC(N2Cc3c(SCCCCCCCNc4ccc(F)c(-c5ccc6c(c5)[C@H]5[C@H](CCN5C(=O)c5ccccn5)[C@@H](CO)N6)c4)cccc3C2=O)C(=O)N1. The molecule has 4 amide bonds. The van der Waals surface area contributed by atoms with Crippen LogP contribution in [-0.4, -0.2) is 81.1 Å². The van der Waals surface area contributed by atoms with E-state index in [-0.39, 0.29) is 54.6 Å². The molecule has 0 aliphatic carbocycles. The van der Waals surface area contributed by atoms with Crippen LogP contribution in [-0.2, 0) is 16.1 Å². The highest BCUT2D eigenvalue weighted by molar-refractivity contribution is 7.99. The second-order valence-corrected chi connectivity index (χ2v) is 16.4. The third-order valence-electron chi connectivity index (χ3n) is 11.7. The summed E-state index contributed by atoms with van der Waals surface area (Å²) in [4.78, 5) is 59.6. The standard InChI is InChI=1S/C44H47FN6O5S/c45-34-14-13-28(24-31(34)27-12-15-35-32(23-27)41-30(37(26-52)48-35)18-21-50(41)44(56)36-10-4-6-20-47-36)46-19-5-2-1-3-7-22-57-39-11-8-9-29-33(39)25-51(43(29)55)38-16-17-40(53)49-42(38)54/h4,6,8-15,20,23-24,30,37-38,41,46,48,52H,1-3,5,7,16-19,21-22,25-26H2,(H,49,53,54)/t30-,37-,38?,41-/m1/s1. The first-order chi connectivity index (χ1) is 27.8. The molecule has 2 fully saturated rings. The number of carbonyl (C=O) groups excluding carboxylic acids is 4. The summed E-state index contributed by atoms with van der Waals surface area (Å²) in [5, 5.41) is 19.5. The Kier molecular flexibility index (Phi) is 11.6. The number of anilines is 2. The summed E-state index contributed by atoms with van der Waals surface area (Å²) < 4.78 is 15.4. The largest absolute Gasteiger partial charge is 0.394 e. The fraction of sp³-hybridized carbons (Fsp3) is 0.386. The fourth-order valence-electron chi connectivity index (χ4n) is 8.82. The van der Waals surface area contributed by atoms with Crippen molar-refractivity contribution in [3.05, 3.63) is 107 Å². The molecule has 11 nitrogen and oxygen atoms in total. The number of piperidine rings is 1.